The minimum absolute atomic E-state index is 0.00190. The minimum Gasteiger partial charge on any atom is -0.351 e. The molecule has 1 aliphatic rings. The minimum atomic E-state index is -0.378. The summed E-state index contributed by atoms with van der Waals surface area (Å²) in [7, 11) is 0. The van der Waals surface area contributed by atoms with Crippen molar-refractivity contribution >= 4 is 5.91 Å². The van der Waals surface area contributed by atoms with E-state index >= 15 is 0 Å². The molecule has 0 bridgehead atoms. The second-order valence-corrected chi connectivity index (χ2v) is 5.01. The summed E-state index contributed by atoms with van der Waals surface area (Å²) >= 11 is 0. The molecule has 4 heteroatoms. The molecule has 94 valence electrons. The molecule has 3 N–H and O–H groups in total. The van der Waals surface area contributed by atoms with Crippen LogP contribution in [0.1, 0.15) is 33.6 Å². The fraction of sp³-hybridized carbons (Fsp3) is 0.917. The molecule has 4 nitrogen and oxygen atoms in total. The van der Waals surface area contributed by atoms with Crippen molar-refractivity contribution in [2.75, 3.05) is 19.6 Å². The second-order valence-electron chi connectivity index (χ2n) is 5.01. The van der Waals surface area contributed by atoms with Gasteiger partial charge in [-0.3, -0.25) is 4.79 Å². The number of hydrogen-bond donors (Lipinski definition) is 2. The van der Waals surface area contributed by atoms with E-state index in [9.17, 15) is 4.79 Å². The van der Waals surface area contributed by atoms with Gasteiger partial charge in [-0.1, -0.05) is 20.8 Å². The van der Waals surface area contributed by atoms with E-state index in [0.29, 0.717) is 0 Å². The number of likely N-dealkylation sites (tertiary alicyclic amines) is 1. The van der Waals surface area contributed by atoms with Crippen LogP contribution in [0.4, 0.5) is 0 Å². The van der Waals surface area contributed by atoms with Crippen LogP contribution in [-0.2, 0) is 4.79 Å². The van der Waals surface area contributed by atoms with Crippen LogP contribution in [-0.4, -0.2) is 42.5 Å². The monoisotopic (exact) mass is 227 g/mol. The van der Waals surface area contributed by atoms with E-state index in [0.717, 1.165) is 32.5 Å². The number of amides is 1. The van der Waals surface area contributed by atoms with Gasteiger partial charge in [0.15, 0.2) is 0 Å². The van der Waals surface area contributed by atoms with Gasteiger partial charge < -0.3 is 16.0 Å². The van der Waals surface area contributed by atoms with Crippen LogP contribution in [0.5, 0.6) is 0 Å². The van der Waals surface area contributed by atoms with Crippen molar-refractivity contribution in [2.24, 2.45) is 11.7 Å². The summed E-state index contributed by atoms with van der Waals surface area (Å²) in [5.74, 6) is 0.198. The lowest BCUT2D eigenvalue weighted by Crippen LogP contribution is -2.53. The number of piperidine rings is 1. The highest BCUT2D eigenvalue weighted by molar-refractivity contribution is 5.82. The zero-order valence-corrected chi connectivity index (χ0v) is 10.7. The van der Waals surface area contributed by atoms with E-state index in [2.05, 4.69) is 17.1 Å². The normalized spacial score (nSPS) is 24.4. The Morgan fingerprint density at radius 3 is 2.81 bits per heavy atom. The Kier molecular flexibility index (Phi) is 5.22. The predicted molar refractivity (Wildman–Crippen MR) is 66.1 cm³/mol. The molecule has 1 heterocycles. The Morgan fingerprint density at radius 1 is 1.56 bits per heavy atom. The predicted octanol–water partition coefficient (Wildman–Crippen LogP) is 0.570. The average Bonchev–Trinajstić information content (AvgIpc) is 2.28. The average molecular weight is 227 g/mol. The molecule has 1 unspecified atom stereocenters. The van der Waals surface area contributed by atoms with Crippen LogP contribution in [0.25, 0.3) is 0 Å². The Bertz CT molecular complexity index is 230. The quantitative estimate of drug-likeness (QED) is 0.738. The van der Waals surface area contributed by atoms with E-state index < -0.39 is 0 Å². The Labute approximate surface area is 98.6 Å². The van der Waals surface area contributed by atoms with Gasteiger partial charge in [-0.2, -0.15) is 0 Å². The third-order valence-corrected chi connectivity index (χ3v) is 3.32. The SMILES string of the molecule is CCN1CCCC(NC(=O)[C@@H](N)C(C)C)C1. The molecular weight excluding hydrogens is 202 g/mol. The van der Waals surface area contributed by atoms with Crippen molar-refractivity contribution in [2.45, 2.75) is 45.7 Å². The van der Waals surface area contributed by atoms with Gasteiger partial charge in [-0.15, -0.1) is 0 Å². The summed E-state index contributed by atoms with van der Waals surface area (Å²) in [5.41, 5.74) is 5.82. The van der Waals surface area contributed by atoms with E-state index in [4.69, 9.17) is 5.73 Å². The van der Waals surface area contributed by atoms with Gasteiger partial charge in [0.25, 0.3) is 0 Å². The molecular formula is C12H25N3O. The van der Waals surface area contributed by atoms with Crippen molar-refractivity contribution in [1.82, 2.24) is 10.2 Å². The Morgan fingerprint density at radius 2 is 2.25 bits per heavy atom. The van der Waals surface area contributed by atoms with Crippen LogP contribution >= 0.6 is 0 Å². The third-order valence-electron chi connectivity index (χ3n) is 3.32. The molecule has 0 radical (unpaired) electrons. The van der Waals surface area contributed by atoms with Crippen LogP contribution in [0.15, 0.2) is 0 Å². The standard InChI is InChI=1S/C12H25N3O/c1-4-15-7-5-6-10(8-15)14-12(16)11(13)9(2)3/h9-11H,4-8,13H2,1-3H3,(H,14,16)/t10?,11-/m0/s1. The lowest BCUT2D eigenvalue weighted by molar-refractivity contribution is -0.124. The second kappa shape index (κ2) is 6.21. The molecule has 0 saturated carbocycles. The summed E-state index contributed by atoms with van der Waals surface area (Å²) in [6, 6.07) is -0.0944. The maximum Gasteiger partial charge on any atom is 0.237 e. The van der Waals surface area contributed by atoms with Crippen LogP contribution in [0.3, 0.4) is 0 Å². The largest absolute Gasteiger partial charge is 0.351 e. The molecule has 0 spiro atoms. The molecule has 16 heavy (non-hydrogen) atoms. The van der Waals surface area contributed by atoms with E-state index in [-0.39, 0.29) is 23.9 Å². The fourth-order valence-electron chi connectivity index (χ4n) is 2.06. The summed E-state index contributed by atoms with van der Waals surface area (Å²) in [4.78, 5) is 14.2. The molecule has 0 aliphatic carbocycles. The molecule has 2 atom stereocenters. The highest BCUT2D eigenvalue weighted by atomic mass is 16.2. The first-order valence-electron chi connectivity index (χ1n) is 6.33. The van der Waals surface area contributed by atoms with Gasteiger partial charge in [-0.05, 0) is 31.8 Å². The molecule has 1 fully saturated rings. The summed E-state index contributed by atoms with van der Waals surface area (Å²) in [6.07, 6.45) is 2.24. The van der Waals surface area contributed by atoms with Gasteiger partial charge in [-0.25, -0.2) is 0 Å². The number of carbonyl (C=O) groups excluding carboxylic acids is 1. The Hall–Kier alpha value is -0.610. The molecule has 1 saturated heterocycles. The maximum absolute atomic E-state index is 11.8. The maximum atomic E-state index is 11.8. The third kappa shape index (κ3) is 3.76. The summed E-state index contributed by atoms with van der Waals surface area (Å²) in [5, 5.41) is 3.06. The van der Waals surface area contributed by atoms with Gasteiger partial charge in [0.1, 0.15) is 0 Å². The van der Waals surface area contributed by atoms with Crippen LogP contribution < -0.4 is 11.1 Å². The number of nitrogens with two attached hydrogens (primary N) is 1. The molecule has 0 aromatic heterocycles. The van der Waals surface area contributed by atoms with Crippen molar-refractivity contribution in [3.8, 4) is 0 Å². The molecule has 1 aliphatic heterocycles. The van der Waals surface area contributed by atoms with Crippen molar-refractivity contribution in [3.05, 3.63) is 0 Å². The van der Waals surface area contributed by atoms with Gasteiger partial charge in [0, 0.05) is 12.6 Å². The first-order valence-corrected chi connectivity index (χ1v) is 6.33. The number of carbonyl (C=O) groups is 1. The van der Waals surface area contributed by atoms with Crippen molar-refractivity contribution in [3.63, 3.8) is 0 Å². The number of nitrogens with zero attached hydrogens (tertiary/aromatic N) is 1. The van der Waals surface area contributed by atoms with Gasteiger partial charge in [0.05, 0.1) is 6.04 Å². The first-order chi connectivity index (χ1) is 7.54. The smallest absolute Gasteiger partial charge is 0.237 e. The fourth-order valence-corrected chi connectivity index (χ4v) is 2.06. The first kappa shape index (κ1) is 13.5. The summed E-state index contributed by atoms with van der Waals surface area (Å²) < 4.78 is 0. The molecule has 0 aromatic rings. The zero-order chi connectivity index (χ0) is 12.1. The summed E-state index contributed by atoms with van der Waals surface area (Å²) in [6.45, 7) is 9.28. The highest BCUT2D eigenvalue weighted by Gasteiger charge is 2.23. The van der Waals surface area contributed by atoms with Crippen LogP contribution in [0, 0.1) is 5.92 Å². The van der Waals surface area contributed by atoms with Crippen molar-refractivity contribution < 1.29 is 4.79 Å². The highest BCUT2D eigenvalue weighted by Crippen LogP contribution is 2.10. The lowest BCUT2D eigenvalue weighted by Gasteiger charge is -2.33. The van der Waals surface area contributed by atoms with E-state index in [1.54, 1.807) is 0 Å². The topological polar surface area (TPSA) is 58.4 Å². The van der Waals surface area contributed by atoms with Gasteiger partial charge >= 0.3 is 0 Å². The number of hydrogen-bond acceptors (Lipinski definition) is 3. The van der Waals surface area contributed by atoms with Crippen molar-refractivity contribution in [1.29, 1.82) is 0 Å². The number of likely N-dealkylation sites (N-methyl/N-ethyl adjacent to an activating group) is 1. The molecule has 1 rings (SSSR count). The number of nitrogens with one attached hydrogen (secondary N) is 1. The molecule has 0 aromatic carbocycles. The molecule has 1 amide bonds. The lowest BCUT2D eigenvalue weighted by atomic mass is 10.0. The Balaban J connectivity index is 2.38. The van der Waals surface area contributed by atoms with E-state index in [1.165, 1.54) is 0 Å². The van der Waals surface area contributed by atoms with E-state index in [1.807, 2.05) is 13.8 Å². The number of rotatable bonds is 4. The van der Waals surface area contributed by atoms with Gasteiger partial charge in [0.2, 0.25) is 5.91 Å². The van der Waals surface area contributed by atoms with Crippen LogP contribution in [0.2, 0.25) is 0 Å². The zero-order valence-electron chi connectivity index (χ0n) is 10.7.